The number of nitrogens with zero attached hydrogens (tertiary/aromatic N) is 2. The molecule has 0 aliphatic carbocycles. The minimum absolute atomic E-state index is 0.211. The van der Waals surface area contributed by atoms with Crippen molar-refractivity contribution in [3.63, 3.8) is 0 Å². The summed E-state index contributed by atoms with van der Waals surface area (Å²) in [7, 11) is 0. The van der Waals surface area contributed by atoms with Crippen molar-refractivity contribution in [1.29, 1.82) is 0 Å². The van der Waals surface area contributed by atoms with Crippen LogP contribution in [0.4, 0.5) is 0 Å². The lowest BCUT2D eigenvalue weighted by molar-refractivity contribution is -0.129. The Hall–Kier alpha value is -1.88. The molecule has 0 saturated carbocycles. The van der Waals surface area contributed by atoms with E-state index in [4.69, 9.17) is 5.11 Å². The van der Waals surface area contributed by atoms with E-state index >= 15 is 0 Å². The number of carbonyl (C=O) groups is 1. The molecule has 0 fully saturated rings. The van der Waals surface area contributed by atoms with Gasteiger partial charge in [0.1, 0.15) is 5.71 Å². The van der Waals surface area contributed by atoms with Gasteiger partial charge in [-0.1, -0.05) is 30.3 Å². The molecule has 5 heteroatoms. The number of hydrazone groups is 1. The highest BCUT2D eigenvalue weighted by Crippen LogP contribution is 2.10. The van der Waals surface area contributed by atoms with E-state index in [0.717, 1.165) is 12.0 Å². The molecule has 96 valence electrons. The average molecular weight is 247 g/mol. The lowest BCUT2D eigenvalue weighted by atomic mass is 10.1. The van der Waals surface area contributed by atoms with Gasteiger partial charge in [-0.3, -0.25) is 0 Å². The monoisotopic (exact) mass is 247 g/mol. The standard InChI is InChI=1S/C13H17N3O2/c1-10-7-8-12(13(17)18)15-16(14-10)9-11-5-3-2-4-6-11/h2-6,10,14H,7-9H2,1H3,(H,17,18). The first-order valence-corrected chi connectivity index (χ1v) is 6.03. The fourth-order valence-electron chi connectivity index (χ4n) is 1.88. The average Bonchev–Trinajstić information content (AvgIpc) is 2.52. The molecule has 0 amide bonds. The van der Waals surface area contributed by atoms with E-state index in [2.05, 4.69) is 10.5 Å². The number of rotatable bonds is 3. The minimum atomic E-state index is -0.941. The number of carboxylic acids is 1. The predicted molar refractivity (Wildman–Crippen MR) is 68.9 cm³/mol. The van der Waals surface area contributed by atoms with E-state index in [1.807, 2.05) is 37.3 Å². The second kappa shape index (κ2) is 5.64. The molecule has 2 rings (SSSR count). The first-order chi connectivity index (χ1) is 8.65. The highest BCUT2D eigenvalue weighted by atomic mass is 16.4. The molecule has 0 aromatic heterocycles. The molecule has 0 saturated heterocycles. The Bertz CT molecular complexity index is 445. The number of hydrogen-bond acceptors (Lipinski definition) is 4. The number of benzene rings is 1. The second-order valence-corrected chi connectivity index (χ2v) is 4.46. The van der Waals surface area contributed by atoms with Crippen LogP contribution in [0.2, 0.25) is 0 Å². The van der Waals surface area contributed by atoms with E-state index in [1.54, 1.807) is 5.12 Å². The number of hydrogen-bond donors (Lipinski definition) is 2. The predicted octanol–water partition coefficient (Wildman–Crippen LogP) is 1.62. The summed E-state index contributed by atoms with van der Waals surface area (Å²) in [6, 6.07) is 10.1. The third-order valence-electron chi connectivity index (χ3n) is 2.85. The van der Waals surface area contributed by atoms with Crippen LogP contribution in [-0.2, 0) is 11.3 Å². The van der Waals surface area contributed by atoms with Gasteiger partial charge >= 0.3 is 5.97 Å². The minimum Gasteiger partial charge on any atom is -0.477 e. The molecule has 1 aliphatic rings. The van der Waals surface area contributed by atoms with Crippen LogP contribution in [-0.4, -0.2) is 27.9 Å². The molecule has 1 atom stereocenters. The van der Waals surface area contributed by atoms with Gasteiger partial charge in [0.2, 0.25) is 0 Å². The number of aliphatic carboxylic acids is 1. The first kappa shape index (κ1) is 12.6. The Labute approximate surface area is 106 Å². The van der Waals surface area contributed by atoms with Crippen LogP contribution in [0.25, 0.3) is 0 Å². The van der Waals surface area contributed by atoms with Gasteiger partial charge in [-0.2, -0.15) is 5.10 Å². The number of carboxylic acid groups (broad SMARTS) is 1. The Morgan fingerprint density at radius 3 is 2.89 bits per heavy atom. The molecule has 0 spiro atoms. The van der Waals surface area contributed by atoms with Gasteiger partial charge in [0.05, 0.1) is 6.54 Å². The Kier molecular flexibility index (Phi) is 3.94. The molecule has 1 aromatic rings. The van der Waals surface area contributed by atoms with Crippen LogP contribution < -0.4 is 5.43 Å². The van der Waals surface area contributed by atoms with Crippen LogP contribution in [0.5, 0.6) is 0 Å². The molecule has 0 bridgehead atoms. The molecule has 18 heavy (non-hydrogen) atoms. The fourth-order valence-corrected chi connectivity index (χ4v) is 1.88. The van der Waals surface area contributed by atoms with Gasteiger partial charge in [-0.15, -0.1) is 0 Å². The third kappa shape index (κ3) is 3.30. The Balaban J connectivity index is 2.13. The van der Waals surface area contributed by atoms with Crippen LogP contribution in [0.3, 0.4) is 0 Å². The van der Waals surface area contributed by atoms with Crippen molar-refractivity contribution in [1.82, 2.24) is 10.5 Å². The summed E-state index contributed by atoms with van der Waals surface area (Å²) in [4.78, 5) is 11.0. The number of nitrogens with one attached hydrogen (secondary N) is 1. The topological polar surface area (TPSA) is 64.9 Å². The van der Waals surface area contributed by atoms with Crippen molar-refractivity contribution in [2.24, 2.45) is 5.10 Å². The van der Waals surface area contributed by atoms with E-state index in [1.165, 1.54) is 0 Å². The molecule has 1 aliphatic heterocycles. The molecule has 1 aromatic carbocycles. The molecule has 0 radical (unpaired) electrons. The zero-order valence-corrected chi connectivity index (χ0v) is 10.3. The summed E-state index contributed by atoms with van der Waals surface area (Å²) in [5.41, 5.74) is 4.50. The smallest absolute Gasteiger partial charge is 0.352 e. The maximum absolute atomic E-state index is 11.0. The molecule has 5 nitrogen and oxygen atoms in total. The van der Waals surface area contributed by atoms with Gasteiger partial charge in [0.15, 0.2) is 0 Å². The molecular weight excluding hydrogens is 230 g/mol. The second-order valence-electron chi connectivity index (χ2n) is 4.46. The summed E-state index contributed by atoms with van der Waals surface area (Å²) in [5, 5.41) is 14.8. The summed E-state index contributed by atoms with van der Waals surface area (Å²) in [6.45, 7) is 2.58. The van der Waals surface area contributed by atoms with Crippen molar-refractivity contribution in [2.45, 2.75) is 32.4 Å². The SMILES string of the molecule is CC1CCC(C(=O)O)=NN(Cc2ccccc2)N1. The molecule has 2 N–H and O–H groups in total. The van der Waals surface area contributed by atoms with Crippen LogP contribution in [0.15, 0.2) is 35.4 Å². The highest BCUT2D eigenvalue weighted by Gasteiger charge is 2.19. The molecular formula is C13H17N3O2. The van der Waals surface area contributed by atoms with Crippen LogP contribution >= 0.6 is 0 Å². The van der Waals surface area contributed by atoms with Gasteiger partial charge in [-0.05, 0) is 18.9 Å². The van der Waals surface area contributed by atoms with Gasteiger partial charge in [0, 0.05) is 12.5 Å². The van der Waals surface area contributed by atoms with Gasteiger partial charge in [-0.25, -0.2) is 15.3 Å². The Morgan fingerprint density at radius 2 is 2.22 bits per heavy atom. The third-order valence-corrected chi connectivity index (χ3v) is 2.85. The van der Waals surface area contributed by atoms with Crippen molar-refractivity contribution >= 4 is 11.7 Å². The lowest BCUT2D eigenvalue weighted by Gasteiger charge is -2.22. The van der Waals surface area contributed by atoms with E-state index < -0.39 is 5.97 Å². The largest absolute Gasteiger partial charge is 0.477 e. The maximum atomic E-state index is 11.0. The van der Waals surface area contributed by atoms with Gasteiger partial charge in [0.25, 0.3) is 0 Å². The van der Waals surface area contributed by atoms with E-state index in [-0.39, 0.29) is 11.8 Å². The first-order valence-electron chi connectivity index (χ1n) is 6.03. The van der Waals surface area contributed by atoms with Crippen LogP contribution in [0.1, 0.15) is 25.3 Å². The van der Waals surface area contributed by atoms with Gasteiger partial charge < -0.3 is 5.11 Å². The van der Waals surface area contributed by atoms with E-state index in [9.17, 15) is 4.79 Å². The van der Waals surface area contributed by atoms with Crippen molar-refractivity contribution in [3.8, 4) is 0 Å². The van der Waals surface area contributed by atoms with Crippen molar-refractivity contribution in [2.75, 3.05) is 0 Å². The van der Waals surface area contributed by atoms with Crippen molar-refractivity contribution in [3.05, 3.63) is 35.9 Å². The van der Waals surface area contributed by atoms with E-state index in [0.29, 0.717) is 13.0 Å². The lowest BCUT2D eigenvalue weighted by Crippen LogP contribution is -2.38. The van der Waals surface area contributed by atoms with Crippen molar-refractivity contribution < 1.29 is 9.90 Å². The highest BCUT2D eigenvalue weighted by molar-refractivity contribution is 6.35. The zero-order chi connectivity index (χ0) is 13.0. The summed E-state index contributed by atoms with van der Waals surface area (Å²) in [5.74, 6) is -0.941. The Morgan fingerprint density at radius 1 is 1.50 bits per heavy atom. The summed E-state index contributed by atoms with van der Waals surface area (Å²) in [6.07, 6.45) is 1.27. The summed E-state index contributed by atoms with van der Waals surface area (Å²) < 4.78 is 0. The summed E-state index contributed by atoms with van der Waals surface area (Å²) >= 11 is 0. The fraction of sp³-hybridized carbons (Fsp3) is 0.385. The quantitative estimate of drug-likeness (QED) is 0.851. The zero-order valence-electron chi connectivity index (χ0n) is 10.3. The molecule has 1 unspecified atom stereocenters. The molecule has 1 heterocycles. The normalized spacial score (nSPS) is 20.2. The number of hydrazine groups is 1. The van der Waals surface area contributed by atoms with Crippen LogP contribution in [0, 0.1) is 0 Å². The maximum Gasteiger partial charge on any atom is 0.352 e.